The Bertz CT molecular complexity index is 682. The van der Waals surface area contributed by atoms with Crippen LogP contribution in [0.4, 0.5) is 0 Å². The number of carboxylic acids is 1. The Morgan fingerprint density at radius 2 is 2.00 bits per heavy atom. The average molecular weight is 312 g/mol. The molecule has 0 radical (unpaired) electrons. The third kappa shape index (κ3) is 4.05. The lowest BCUT2D eigenvalue weighted by molar-refractivity contribution is 0.0697. The van der Waals surface area contributed by atoms with Crippen LogP contribution in [0, 0.1) is 17.3 Å². The maximum Gasteiger partial charge on any atom is 0.335 e. The van der Waals surface area contributed by atoms with Crippen LogP contribution in [0.5, 0.6) is 0 Å². The normalized spacial score (nSPS) is 17.2. The topological polar surface area (TPSA) is 37.3 Å². The molecule has 1 heterocycles. The zero-order valence-corrected chi connectivity index (χ0v) is 14.0. The minimum absolute atomic E-state index is 0.205. The number of hydrogen-bond acceptors (Lipinski definition) is 2. The van der Waals surface area contributed by atoms with E-state index in [1.807, 2.05) is 17.8 Å². The van der Waals surface area contributed by atoms with Crippen molar-refractivity contribution in [2.75, 3.05) is 5.75 Å². The van der Waals surface area contributed by atoms with Crippen molar-refractivity contribution in [3.63, 3.8) is 0 Å². The Kier molecular flexibility index (Phi) is 5.15. The number of thioether (sulfide) groups is 1. The molecule has 0 aromatic heterocycles. The molecule has 1 aliphatic heterocycles. The van der Waals surface area contributed by atoms with Crippen LogP contribution in [-0.2, 0) is 0 Å². The highest BCUT2D eigenvalue weighted by Crippen LogP contribution is 2.42. The molecule has 114 valence electrons. The van der Waals surface area contributed by atoms with E-state index in [-0.39, 0.29) is 11.0 Å². The van der Waals surface area contributed by atoms with Gasteiger partial charge in [-0.15, -0.1) is 11.8 Å². The summed E-state index contributed by atoms with van der Waals surface area (Å²) in [5.41, 5.74) is 2.66. The molecule has 1 aromatic carbocycles. The molecule has 0 saturated heterocycles. The van der Waals surface area contributed by atoms with E-state index < -0.39 is 5.97 Å². The van der Waals surface area contributed by atoms with E-state index in [1.165, 1.54) is 22.7 Å². The summed E-state index contributed by atoms with van der Waals surface area (Å²) in [6, 6.07) is 6.61. The van der Waals surface area contributed by atoms with Gasteiger partial charge in [0, 0.05) is 5.56 Å². The van der Waals surface area contributed by atoms with Crippen LogP contribution in [0.25, 0.3) is 0 Å². The van der Waals surface area contributed by atoms with Crippen molar-refractivity contribution < 1.29 is 9.90 Å². The molecule has 0 bridgehead atoms. The molecular weight excluding hydrogens is 292 g/mol. The van der Waals surface area contributed by atoms with Gasteiger partial charge in [0.25, 0.3) is 0 Å². The SMILES string of the molecule is CC1=C(/C=C/C#Cc2ccc(C(=O)O)cc2)C(C)(C)CCS1. The van der Waals surface area contributed by atoms with Crippen LogP contribution >= 0.6 is 11.8 Å². The molecule has 0 amide bonds. The number of allylic oxidation sites excluding steroid dienone is 4. The summed E-state index contributed by atoms with van der Waals surface area (Å²) in [7, 11) is 0. The van der Waals surface area contributed by atoms with Crippen LogP contribution in [-0.4, -0.2) is 16.8 Å². The van der Waals surface area contributed by atoms with E-state index in [0.29, 0.717) is 0 Å². The molecule has 0 saturated carbocycles. The summed E-state index contributed by atoms with van der Waals surface area (Å²) >= 11 is 1.91. The number of aromatic carboxylic acids is 1. The minimum Gasteiger partial charge on any atom is -0.478 e. The molecule has 22 heavy (non-hydrogen) atoms. The Balaban J connectivity index is 2.11. The first kappa shape index (κ1) is 16.5. The molecule has 1 aromatic rings. The third-order valence-corrected chi connectivity index (χ3v) is 4.90. The highest BCUT2D eigenvalue weighted by molar-refractivity contribution is 8.03. The van der Waals surface area contributed by atoms with Crippen LogP contribution < -0.4 is 0 Å². The predicted octanol–water partition coefficient (Wildman–Crippen LogP) is 4.73. The minimum atomic E-state index is -0.918. The van der Waals surface area contributed by atoms with Gasteiger partial charge in [-0.1, -0.05) is 25.7 Å². The molecule has 3 heteroatoms. The van der Waals surface area contributed by atoms with Gasteiger partial charge in [0.15, 0.2) is 0 Å². The lowest BCUT2D eigenvalue weighted by atomic mass is 9.81. The monoisotopic (exact) mass is 312 g/mol. The number of rotatable bonds is 2. The van der Waals surface area contributed by atoms with Gasteiger partial charge < -0.3 is 5.11 Å². The fraction of sp³-hybridized carbons (Fsp3) is 0.316. The van der Waals surface area contributed by atoms with Crippen molar-refractivity contribution in [3.8, 4) is 11.8 Å². The Morgan fingerprint density at radius 3 is 2.59 bits per heavy atom. The van der Waals surface area contributed by atoms with Gasteiger partial charge >= 0.3 is 5.97 Å². The van der Waals surface area contributed by atoms with Crippen molar-refractivity contribution in [1.29, 1.82) is 0 Å². The van der Waals surface area contributed by atoms with Gasteiger partial charge in [-0.3, -0.25) is 0 Å². The summed E-state index contributed by atoms with van der Waals surface area (Å²) in [5.74, 6) is 6.33. The lowest BCUT2D eigenvalue weighted by Crippen LogP contribution is -2.19. The first-order valence-corrected chi connectivity index (χ1v) is 8.24. The van der Waals surface area contributed by atoms with Gasteiger partial charge in [0.05, 0.1) is 5.56 Å². The summed E-state index contributed by atoms with van der Waals surface area (Å²) < 4.78 is 0. The van der Waals surface area contributed by atoms with E-state index >= 15 is 0 Å². The van der Waals surface area contributed by atoms with Crippen molar-refractivity contribution in [3.05, 3.63) is 58.0 Å². The van der Waals surface area contributed by atoms with Gasteiger partial charge in [0.2, 0.25) is 0 Å². The second kappa shape index (κ2) is 6.89. The first-order chi connectivity index (χ1) is 10.4. The number of carboxylic acid groups (broad SMARTS) is 1. The van der Waals surface area contributed by atoms with Crippen LogP contribution in [0.2, 0.25) is 0 Å². The quantitative estimate of drug-likeness (QED) is 0.802. The zero-order valence-electron chi connectivity index (χ0n) is 13.1. The molecule has 0 atom stereocenters. The third-order valence-electron chi connectivity index (χ3n) is 3.84. The summed E-state index contributed by atoms with van der Waals surface area (Å²) in [6.07, 6.45) is 5.18. The van der Waals surface area contributed by atoms with Gasteiger partial charge in [-0.25, -0.2) is 4.79 Å². The molecule has 1 N–H and O–H groups in total. The highest BCUT2D eigenvalue weighted by Gasteiger charge is 2.26. The average Bonchev–Trinajstić information content (AvgIpc) is 2.46. The fourth-order valence-electron chi connectivity index (χ4n) is 2.44. The molecule has 0 aliphatic carbocycles. The van der Waals surface area contributed by atoms with E-state index in [2.05, 4.69) is 38.7 Å². The molecule has 0 unspecified atom stereocenters. The maximum absolute atomic E-state index is 10.8. The Morgan fingerprint density at radius 1 is 1.32 bits per heavy atom. The summed E-state index contributed by atoms with van der Waals surface area (Å²) in [5, 5.41) is 8.85. The van der Waals surface area contributed by atoms with Crippen LogP contribution in [0.1, 0.15) is 43.1 Å². The molecule has 2 rings (SSSR count). The van der Waals surface area contributed by atoms with Gasteiger partial charge in [0.1, 0.15) is 0 Å². The molecule has 2 nitrogen and oxygen atoms in total. The van der Waals surface area contributed by atoms with E-state index in [1.54, 1.807) is 24.3 Å². The zero-order chi connectivity index (χ0) is 16.2. The second-order valence-electron chi connectivity index (χ2n) is 5.94. The maximum atomic E-state index is 10.8. The molecular formula is C19H20O2S. The predicted molar refractivity (Wildman–Crippen MR) is 93.0 cm³/mol. The van der Waals surface area contributed by atoms with Gasteiger partial charge in [-0.05, 0) is 71.4 Å². The van der Waals surface area contributed by atoms with Gasteiger partial charge in [-0.2, -0.15) is 0 Å². The van der Waals surface area contributed by atoms with Crippen molar-refractivity contribution in [1.82, 2.24) is 0 Å². The second-order valence-corrected chi connectivity index (χ2v) is 7.25. The molecule has 1 aliphatic rings. The molecule has 0 fully saturated rings. The largest absolute Gasteiger partial charge is 0.478 e. The first-order valence-electron chi connectivity index (χ1n) is 7.26. The van der Waals surface area contributed by atoms with Crippen molar-refractivity contribution in [2.24, 2.45) is 5.41 Å². The van der Waals surface area contributed by atoms with E-state index in [4.69, 9.17) is 5.11 Å². The summed E-state index contributed by atoms with van der Waals surface area (Å²) in [4.78, 5) is 12.2. The highest BCUT2D eigenvalue weighted by atomic mass is 32.2. The van der Waals surface area contributed by atoms with Crippen molar-refractivity contribution >= 4 is 17.7 Å². The Hall–Kier alpha value is -1.92. The fourth-order valence-corrected chi connectivity index (χ4v) is 3.86. The van der Waals surface area contributed by atoms with Crippen LogP contribution in [0.15, 0.2) is 46.9 Å². The van der Waals surface area contributed by atoms with E-state index in [0.717, 1.165) is 5.56 Å². The van der Waals surface area contributed by atoms with E-state index in [9.17, 15) is 4.79 Å². The standard InChI is InChI=1S/C19H20O2S/c1-14-17(19(2,3)12-13-22-14)7-5-4-6-15-8-10-16(11-9-15)18(20)21/h5,7-11H,12-13H2,1-3H3,(H,20,21)/b7-5+. The smallest absolute Gasteiger partial charge is 0.335 e. The number of hydrogen-bond donors (Lipinski definition) is 1. The van der Waals surface area contributed by atoms with Crippen molar-refractivity contribution in [2.45, 2.75) is 27.2 Å². The molecule has 0 spiro atoms. The number of benzene rings is 1. The number of carbonyl (C=O) groups is 1. The summed E-state index contributed by atoms with van der Waals surface area (Å²) in [6.45, 7) is 6.71. The Labute approximate surface area is 136 Å². The van der Waals surface area contributed by atoms with Crippen LogP contribution in [0.3, 0.4) is 0 Å². The lowest BCUT2D eigenvalue weighted by Gasteiger charge is -2.32.